The molecule has 0 amide bonds. The van der Waals surface area contributed by atoms with Crippen LogP contribution in [0.2, 0.25) is 0 Å². The molecule has 108 valence electrons. The fourth-order valence-corrected chi connectivity index (χ4v) is 2.27. The van der Waals surface area contributed by atoms with Crippen LogP contribution in [0, 0.1) is 0 Å². The van der Waals surface area contributed by atoms with Crippen molar-refractivity contribution < 1.29 is 9.90 Å². The molecule has 0 bridgehead atoms. The Morgan fingerprint density at radius 3 is 1.78 bits per heavy atom. The van der Waals surface area contributed by atoms with Gasteiger partial charge in [-0.25, -0.2) is 0 Å². The van der Waals surface area contributed by atoms with Crippen LogP contribution in [-0.4, -0.2) is 17.0 Å². The Hall–Kier alpha value is -0.370. The smallest absolute Gasteiger partial charge is 0.122 e. The molecule has 2 heteroatoms. The van der Waals surface area contributed by atoms with Crippen LogP contribution in [0.1, 0.15) is 90.9 Å². The molecule has 18 heavy (non-hydrogen) atoms. The average Bonchev–Trinajstić information content (AvgIpc) is 2.31. The minimum Gasteiger partial charge on any atom is -0.390 e. The Bertz CT molecular complexity index is 188. The Morgan fingerprint density at radius 1 is 0.889 bits per heavy atom. The van der Waals surface area contributed by atoms with Crippen molar-refractivity contribution in [1.82, 2.24) is 0 Å². The Balaban J connectivity index is 3.18. The van der Waals surface area contributed by atoms with Crippen molar-refractivity contribution in [2.45, 2.75) is 96.5 Å². The van der Waals surface area contributed by atoms with Gasteiger partial charge in [-0.3, -0.25) is 0 Å². The van der Waals surface area contributed by atoms with E-state index in [1.807, 2.05) is 0 Å². The highest BCUT2D eigenvalue weighted by molar-refractivity contribution is 5.51. The second-order valence-corrected chi connectivity index (χ2v) is 5.80. The first-order valence-electron chi connectivity index (χ1n) is 7.78. The third kappa shape index (κ3) is 12.1. The van der Waals surface area contributed by atoms with E-state index in [-0.39, 0.29) is 6.42 Å². The zero-order valence-corrected chi connectivity index (χ0v) is 12.4. The minimum atomic E-state index is -0.776. The van der Waals surface area contributed by atoms with Crippen LogP contribution in [0.3, 0.4) is 0 Å². The molecule has 0 aromatic heterocycles. The summed E-state index contributed by atoms with van der Waals surface area (Å²) in [4.78, 5) is 10.3. The lowest BCUT2D eigenvalue weighted by molar-refractivity contribution is -0.112. The first-order valence-corrected chi connectivity index (χ1v) is 7.78. The van der Waals surface area contributed by atoms with Gasteiger partial charge in [0.2, 0.25) is 0 Å². The molecule has 0 fully saturated rings. The standard InChI is InChI=1S/C16H32O2/c1-3-4-5-6-7-8-9-10-11-12-13-16(2,18)14-15-17/h15,18H,3-14H2,1-2H3. The van der Waals surface area contributed by atoms with Crippen molar-refractivity contribution in [1.29, 1.82) is 0 Å². The fraction of sp³-hybridized carbons (Fsp3) is 0.938. The molecule has 1 atom stereocenters. The van der Waals surface area contributed by atoms with E-state index in [2.05, 4.69) is 6.92 Å². The summed E-state index contributed by atoms with van der Waals surface area (Å²) in [6.45, 7) is 4.01. The van der Waals surface area contributed by atoms with Crippen molar-refractivity contribution in [2.75, 3.05) is 0 Å². The van der Waals surface area contributed by atoms with E-state index in [9.17, 15) is 9.90 Å². The van der Waals surface area contributed by atoms with Crippen molar-refractivity contribution in [3.63, 3.8) is 0 Å². The third-order valence-electron chi connectivity index (χ3n) is 3.59. The number of carbonyl (C=O) groups excluding carboxylic acids is 1. The molecule has 0 rings (SSSR count). The van der Waals surface area contributed by atoms with Crippen LogP contribution in [0.15, 0.2) is 0 Å². The van der Waals surface area contributed by atoms with E-state index < -0.39 is 5.60 Å². The van der Waals surface area contributed by atoms with Gasteiger partial charge in [0.05, 0.1) is 5.60 Å². The highest BCUT2D eigenvalue weighted by Crippen LogP contribution is 2.18. The van der Waals surface area contributed by atoms with Gasteiger partial charge in [-0.2, -0.15) is 0 Å². The molecule has 0 aliphatic rings. The second kappa shape index (κ2) is 11.7. The van der Waals surface area contributed by atoms with Crippen molar-refractivity contribution in [3.05, 3.63) is 0 Å². The number of aliphatic hydroxyl groups is 1. The normalized spacial score (nSPS) is 14.4. The molecule has 1 unspecified atom stereocenters. The molecule has 0 heterocycles. The van der Waals surface area contributed by atoms with Gasteiger partial charge in [0.15, 0.2) is 0 Å². The van der Waals surface area contributed by atoms with E-state index in [1.54, 1.807) is 6.92 Å². The number of aldehydes is 1. The van der Waals surface area contributed by atoms with Gasteiger partial charge in [0.25, 0.3) is 0 Å². The van der Waals surface area contributed by atoms with Crippen LogP contribution in [-0.2, 0) is 4.79 Å². The second-order valence-electron chi connectivity index (χ2n) is 5.80. The zero-order chi connectivity index (χ0) is 13.7. The first kappa shape index (κ1) is 17.6. The largest absolute Gasteiger partial charge is 0.390 e. The van der Waals surface area contributed by atoms with Crippen molar-refractivity contribution in [2.24, 2.45) is 0 Å². The fourth-order valence-electron chi connectivity index (χ4n) is 2.27. The number of unbranched alkanes of at least 4 members (excludes halogenated alkanes) is 9. The van der Waals surface area contributed by atoms with Gasteiger partial charge in [-0.1, -0.05) is 71.1 Å². The molecule has 2 nitrogen and oxygen atoms in total. The summed E-state index contributed by atoms with van der Waals surface area (Å²) in [6.07, 6.45) is 14.9. The predicted molar refractivity (Wildman–Crippen MR) is 77.8 cm³/mol. The van der Waals surface area contributed by atoms with Gasteiger partial charge < -0.3 is 9.90 Å². The highest BCUT2D eigenvalue weighted by atomic mass is 16.3. The SMILES string of the molecule is CCCCCCCCCCCCC(C)(O)CC=O. The van der Waals surface area contributed by atoms with Gasteiger partial charge in [-0.15, -0.1) is 0 Å². The van der Waals surface area contributed by atoms with Gasteiger partial charge in [0.1, 0.15) is 6.29 Å². The van der Waals surface area contributed by atoms with Crippen LogP contribution in [0.25, 0.3) is 0 Å². The molecule has 0 saturated carbocycles. The molecule has 0 saturated heterocycles. The van der Waals surface area contributed by atoms with E-state index in [4.69, 9.17) is 0 Å². The highest BCUT2D eigenvalue weighted by Gasteiger charge is 2.18. The van der Waals surface area contributed by atoms with Gasteiger partial charge in [0, 0.05) is 6.42 Å². The van der Waals surface area contributed by atoms with Gasteiger partial charge in [-0.05, 0) is 13.3 Å². The van der Waals surface area contributed by atoms with E-state index in [0.29, 0.717) is 0 Å². The van der Waals surface area contributed by atoms with Crippen LogP contribution >= 0.6 is 0 Å². The number of hydrogen-bond acceptors (Lipinski definition) is 2. The molecule has 1 N–H and O–H groups in total. The number of hydrogen-bond donors (Lipinski definition) is 1. The first-order chi connectivity index (χ1) is 8.62. The molecule has 0 radical (unpaired) electrons. The van der Waals surface area contributed by atoms with E-state index >= 15 is 0 Å². The Labute approximate surface area is 113 Å². The lowest BCUT2D eigenvalue weighted by atomic mass is 9.95. The predicted octanol–water partition coefficient (Wildman–Crippen LogP) is 4.64. The Morgan fingerprint density at radius 2 is 1.33 bits per heavy atom. The Kier molecular flexibility index (Phi) is 11.5. The lowest BCUT2D eigenvalue weighted by Crippen LogP contribution is -2.24. The number of rotatable bonds is 13. The topological polar surface area (TPSA) is 37.3 Å². The maximum Gasteiger partial charge on any atom is 0.122 e. The summed E-state index contributed by atoms with van der Waals surface area (Å²) in [6, 6.07) is 0. The minimum absolute atomic E-state index is 0.268. The van der Waals surface area contributed by atoms with Crippen LogP contribution in [0.5, 0.6) is 0 Å². The molecular weight excluding hydrogens is 224 g/mol. The summed E-state index contributed by atoms with van der Waals surface area (Å²) >= 11 is 0. The van der Waals surface area contributed by atoms with Gasteiger partial charge >= 0.3 is 0 Å². The lowest BCUT2D eigenvalue weighted by Gasteiger charge is -2.19. The van der Waals surface area contributed by atoms with Crippen LogP contribution < -0.4 is 0 Å². The van der Waals surface area contributed by atoms with Crippen molar-refractivity contribution in [3.8, 4) is 0 Å². The van der Waals surface area contributed by atoms with Crippen LogP contribution in [0.4, 0.5) is 0 Å². The molecule has 0 aromatic rings. The quantitative estimate of drug-likeness (QED) is 0.385. The van der Waals surface area contributed by atoms with E-state index in [0.717, 1.165) is 19.1 Å². The monoisotopic (exact) mass is 256 g/mol. The summed E-state index contributed by atoms with van der Waals surface area (Å²) in [7, 11) is 0. The summed E-state index contributed by atoms with van der Waals surface area (Å²) < 4.78 is 0. The maximum absolute atomic E-state index is 10.3. The zero-order valence-electron chi connectivity index (χ0n) is 12.4. The molecule has 0 aliphatic heterocycles. The summed E-state index contributed by atoms with van der Waals surface area (Å²) in [5.74, 6) is 0. The van der Waals surface area contributed by atoms with E-state index in [1.165, 1.54) is 57.8 Å². The summed E-state index contributed by atoms with van der Waals surface area (Å²) in [5.41, 5.74) is -0.776. The number of carbonyl (C=O) groups is 1. The molecule has 0 aromatic carbocycles. The third-order valence-corrected chi connectivity index (χ3v) is 3.59. The molecule has 0 aliphatic carbocycles. The maximum atomic E-state index is 10.3. The molecular formula is C16H32O2. The van der Waals surface area contributed by atoms with Crippen molar-refractivity contribution >= 4 is 6.29 Å². The molecule has 0 spiro atoms. The summed E-state index contributed by atoms with van der Waals surface area (Å²) in [5, 5.41) is 9.81. The average molecular weight is 256 g/mol.